The lowest BCUT2D eigenvalue weighted by molar-refractivity contribution is -0.122. The van der Waals surface area contributed by atoms with Crippen LogP contribution in [0.1, 0.15) is 78.4 Å². The van der Waals surface area contributed by atoms with Crippen LogP contribution in [0, 0.1) is 5.41 Å². The van der Waals surface area contributed by atoms with Crippen molar-refractivity contribution in [2.24, 2.45) is 5.41 Å². The van der Waals surface area contributed by atoms with Crippen LogP contribution < -0.4 is 10.4 Å². The minimum Gasteiger partial charge on any atom is -0.483 e. The van der Waals surface area contributed by atoms with Gasteiger partial charge in [0.2, 0.25) is 0 Å². The van der Waals surface area contributed by atoms with Crippen molar-refractivity contribution in [1.82, 2.24) is 0 Å². The van der Waals surface area contributed by atoms with Crippen LogP contribution in [0.4, 0.5) is 0 Å². The van der Waals surface area contributed by atoms with Gasteiger partial charge in [-0.05, 0) is 66.8 Å². The number of hydrogen-bond acceptors (Lipinski definition) is 4. The quantitative estimate of drug-likeness (QED) is 0.322. The summed E-state index contributed by atoms with van der Waals surface area (Å²) in [5, 5.41) is 0.851. The van der Waals surface area contributed by atoms with Crippen LogP contribution >= 0.6 is 0 Å². The zero-order chi connectivity index (χ0) is 24.3. The van der Waals surface area contributed by atoms with Crippen molar-refractivity contribution < 1.29 is 13.9 Å². The van der Waals surface area contributed by atoms with Crippen LogP contribution in [0.5, 0.6) is 5.75 Å². The maximum atomic E-state index is 12.5. The SMILES string of the molecule is CCC(C)c1cc(CC(C)(C)CC)ccc1-c1cc(=O)oc2cc(O[C@H](C)C(C)=O)ccc12. The molecule has 1 aromatic heterocycles. The summed E-state index contributed by atoms with van der Waals surface area (Å²) < 4.78 is 11.2. The molecule has 2 atom stereocenters. The van der Waals surface area contributed by atoms with E-state index < -0.39 is 11.7 Å². The van der Waals surface area contributed by atoms with E-state index in [9.17, 15) is 9.59 Å². The van der Waals surface area contributed by atoms with Crippen LogP contribution in [0.3, 0.4) is 0 Å². The molecule has 0 amide bonds. The van der Waals surface area contributed by atoms with Crippen molar-refractivity contribution in [3.8, 4) is 16.9 Å². The lowest BCUT2D eigenvalue weighted by Gasteiger charge is -2.24. The summed E-state index contributed by atoms with van der Waals surface area (Å²) in [4.78, 5) is 24.1. The molecule has 0 aliphatic heterocycles. The van der Waals surface area contributed by atoms with E-state index in [2.05, 4.69) is 52.8 Å². The number of ether oxygens (including phenoxy) is 1. The van der Waals surface area contributed by atoms with E-state index in [-0.39, 0.29) is 11.2 Å². The number of ketones is 1. The van der Waals surface area contributed by atoms with Crippen molar-refractivity contribution in [3.63, 3.8) is 0 Å². The molecule has 0 saturated heterocycles. The third kappa shape index (κ3) is 5.73. The molecule has 3 aromatic rings. The van der Waals surface area contributed by atoms with E-state index in [0.717, 1.165) is 35.8 Å². The molecule has 1 heterocycles. The number of carbonyl (C=O) groups is 1. The first kappa shape index (κ1) is 24.8. The fourth-order valence-corrected chi connectivity index (χ4v) is 4.00. The zero-order valence-corrected chi connectivity index (χ0v) is 21.0. The van der Waals surface area contributed by atoms with Gasteiger partial charge in [-0.2, -0.15) is 0 Å². The smallest absolute Gasteiger partial charge is 0.336 e. The van der Waals surface area contributed by atoms with Crippen molar-refractivity contribution >= 4 is 16.8 Å². The summed E-state index contributed by atoms with van der Waals surface area (Å²) >= 11 is 0. The summed E-state index contributed by atoms with van der Waals surface area (Å²) in [7, 11) is 0. The Labute approximate surface area is 197 Å². The van der Waals surface area contributed by atoms with E-state index >= 15 is 0 Å². The topological polar surface area (TPSA) is 56.5 Å². The number of carbonyl (C=O) groups excluding carboxylic acids is 1. The monoisotopic (exact) mass is 448 g/mol. The van der Waals surface area contributed by atoms with Gasteiger partial charge in [-0.1, -0.05) is 59.2 Å². The first-order valence-corrected chi connectivity index (χ1v) is 11.9. The third-order valence-corrected chi connectivity index (χ3v) is 6.79. The van der Waals surface area contributed by atoms with Crippen LogP contribution in [-0.4, -0.2) is 11.9 Å². The Bertz CT molecular complexity index is 1200. The highest BCUT2D eigenvalue weighted by Gasteiger charge is 2.20. The van der Waals surface area contributed by atoms with Crippen LogP contribution in [0.25, 0.3) is 22.1 Å². The highest BCUT2D eigenvalue weighted by atomic mass is 16.5. The second-order valence-electron chi connectivity index (χ2n) is 9.93. The Morgan fingerprint density at radius 3 is 2.39 bits per heavy atom. The molecule has 0 bridgehead atoms. The number of Topliss-reactive ketones (excluding diaryl/α,β-unsaturated/α-hetero) is 1. The molecule has 0 N–H and O–H groups in total. The molecule has 0 fully saturated rings. The van der Waals surface area contributed by atoms with Gasteiger partial charge in [0.1, 0.15) is 11.3 Å². The molecule has 1 unspecified atom stereocenters. The average Bonchev–Trinajstić information content (AvgIpc) is 2.77. The van der Waals surface area contributed by atoms with E-state index in [1.807, 2.05) is 12.1 Å². The molecule has 0 aliphatic carbocycles. The second-order valence-corrected chi connectivity index (χ2v) is 9.93. The molecular weight excluding hydrogens is 412 g/mol. The van der Waals surface area contributed by atoms with Crippen molar-refractivity contribution in [2.45, 2.75) is 79.8 Å². The molecular formula is C29H36O4. The number of fused-ring (bicyclic) bond motifs is 1. The van der Waals surface area contributed by atoms with Gasteiger partial charge < -0.3 is 9.15 Å². The fourth-order valence-electron chi connectivity index (χ4n) is 4.00. The predicted octanol–water partition coefficient (Wildman–Crippen LogP) is 7.31. The lowest BCUT2D eigenvalue weighted by atomic mass is 9.81. The van der Waals surface area contributed by atoms with E-state index in [1.165, 1.54) is 18.1 Å². The van der Waals surface area contributed by atoms with Crippen molar-refractivity contribution in [2.75, 3.05) is 0 Å². The van der Waals surface area contributed by atoms with Gasteiger partial charge in [-0.3, -0.25) is 4.79 Å². The first-order valence-electron chi connectivity index (χ1n) is 11.9. The standard InChI is InChI=1S/C29H36O4/c1-8-18(3)25-14-21(17-29(6,7)9-2)10-12-23(25)26-16-28(31)33-27-15-22(11-13-24(26)27)32-20(5)19(4)30/h10-16,18,20H,8-9,17H2,1-7H3/t18?,20-/m1/s1. The third-order valence-electron chi connectivity index (χ3n) is 6.79. The number of rotatable bonds is 9. The molecule has 2 aromatic carbocycles. The number of benzene rings is 2. The molecule has 0 saturated carbocycles. The van der Waals surface area contributed by atoms with Gasteiger partial charge >= 0.3 is 5.63 Å². The largest absolute Gasteiger partial charge is 0.483 e. The Balaban J connectivity index is 2.14. The molecule has 3 rings (SSSR count). The predicted molar refractivity (Wildman–Crippen MR) is 135 cm³/mol. The molecule has 176 valence electrons. The fraction of sp³-hybridized carbons (Fsp3) is 0.448. The maximum absolute atomic E-state index is 12.5. The molecule has 0 aliphatic rings. The van der Waals surface area contributed by atoms with Crippen LogP contribution in [0.15, 0.2) is 51.7 Å². The second kappa shape index (κ2) is 9.94. The van der Waals surface area contributed by atoms with Gasteiger partial charge in [0.25, 0.3) is 0 Å². The van der Waals surface area contributed by atoms with E-state index in [1.54, 1.807) is 19.1 Å². The van der Waals surface area contributed by atoms with Gasteiger partial charge in [0.15, 0.2) is 11.9 Å². The maximum Gasteiger partial charge on any atom is 0.336 e. The van der Waals surface area contributed by atoms with Crippen molar-refractivity contribution in [3.05, 3.63) is 64.0 Å². The molecule has 0 radical (unpaired) electrons. The van der Waals surface area contributed by atoms with Crippen LogP contribution in [-0.2, 0) is 11.2 Å². The summed E-state index contributed by atoms with van der Waals surface area (Å²) in [5.41, 5.74) is 4.79. The molecule has 0 spiro atoms. The van der Waals surface area contributed by atoms with Gasteiger partial charge in [0, 0.05) is 23.1 Å². The van der Waals surface area contributed by atoms with Gasteiger partial charge in [-0.25, -0.2) is 4.79 Å². The number of hydrogen-bond donors (Lipinski definition) is 0. The first-order chi connectivity index (χ1) is 15.5. The van der Waals surface area contributed by atoms with Gasteiger partial charge in [0.05, 0.1) is 0 Å². The highest BCUT2D eigenvalue weighted by molar-refractivity contribution is 5.95. The molecule has 4 nitrogen and oxygen atoms in total. The van der Waals surface area contributed by atoms with Crippen molar-refractivity contribution in [1.29, 1.82) is 0 Å². The summed E-state index contributed by atoms with van der Waals surface area (Å²) in [6.07, 6.45) is 2.58. The van der Waals surface area contributed by atoms with E-state index in [4.69, 9.17) is 9.15 Å². The highest BCUT2D eigenvalue weighted by Crippen LogP contribution is 2.37. The Hall–Kier alpha value is -2.88. The Kier molecular flexibility index (Phi) is 7.46. The Morgan fingerprint density at radius 1 is 1.03 bits per heavy atom. The summed E-state index contributed by atoms with van der Waals surface area (Å²) in [6.45, 7) is 14.4. The molecule has 4 heteroatoms. The minimum absolute atomic E-state index is 0.0603. The average molecular weight is 449 g/mol. The molecule has 33 heavy (non-hydrogen) atoms. The Morgan fingerprint density at radius 2 is 1.76 bits per heavy atom. The lowest BCUT2D eigenvalue weighted by Crippen LogP contribution is -2.20. The summed E-state index contributed by atoms with van der Waals surface area (Å²) in [6, 6.07) is 13.7. The van der Waals surface area contributed by atoms with E-state index in [0.29, 0.717) is 17.3 Å². The minimum atomic E-state index is -0.561. The van der Waals surface area contributed by atoms with Crippen LogP contribution in [0.2, 0.25) is 0 Å². The zero-order valence-electron chi connectivity index (χ0n) is 21.0. The van der Waals surface area contributed by atoms with Gasteiger partial charge in [-0.15, -0.1) is 0 Å². The normalized spacial score (nSPS) is 13.7. The summed E-state index contributed by atoms with van der Waals surface area (Å²) in [5.74, 6) is 0.797.